The Hall–Kier alpha value is -0.300. The summed E-state index contributed by atoms with van der Waals surface area (Å²) in [6, 6.07) is 0. The van der Waals surface area contributed by atoms with E-state index in [9.17, 15) is 0 Å². The Balaban J connectivity index is 3.06. The zero-order valence-electron chi connectivity index (χ0n) is 6.01. The number of aliphatic hydroxyl groups is 1. The summed E-state index contributed by atoms with van der Waals surface area (Å²) in [6.45, 7) is 5.90. The van der Waals surface area contributed by atoms with Crippen molar-refractivity contribution in [3.8, 4) is 0 Å². The molecule has 1 radical (unpaired) electrons. The van der Waals surface area contributed by atoms with E-state index < -0.39 is 0 Å². The molecule has 1 unspecified atom stereocenters. The van der Waals surface area contributed by atoms with E-state index in [0.29, 0.717) is 12.5 Å². The normalized spacial score (nSPS) is 14.6. The predicted molar refractivity (Wildman–Crippen MR) is 40.0 cm³/mol. The van der Waals surface area contributed by atoms with Gasteiger partial charge >= 0.3 is 0 Å². The minimum Gasteiger partial charge on any atom is -0.396 e. The van der Waals surface area contributed by atoms with Crippen LogP contribution in [0.3, 0.4) is 0 Å². The van der Waals surface area contributed by atoms with Crippen LogP contribution < -0.4 is 0 Å². The van der Waals surface area contributed by atoms with E-state index in [2.05, 4.69) is 6.92 Å². The molecule has 0 aliphatic rings. The van der Waals surface area contributed by atoms with Gasteiger partial charge in [0, 0.05) is 6.61 Å². The van der Waals surface area contributed by atoms with Gasteiger partial charge in [0.25, 0.3) is 0 Å². The second-order valence-corrected chi connectivity index (χ2v) is 2.34. The Morgan fingerprint density at radius 2 is 2.33 bits per heavy atom. The van der Waals surface area contributed by atoms with Crippen LogP contribution in [0.2, 0.25) is 0 Å². The molecule has 0 aromatic carbocycles. The summed E-state index contributed by atoms with van der Waals surface area (Å²) in [7, 11) is 0. The highest BCUT2D eigenvalue weighted by molar-refractivity contribution is 4.83. The van der Waals surface area contributed by atoms with Crippen molar-refractivity contribution in [1.82, 2.24) is 0 Å². The highest BCUT2D eigenvalue weighted by Crippen LogP contribution is 2.03. The van der Waals surface area contributed by atoms with Crippen LogP contribution >= 0.6 is 0 Å². The van der Waals surface area contributed by atoms with Gasteiger partial charge in [0.1, 0.15) is 0 Å². The standard InChI is InChI=1S/C8H15O/c1-3-4-5-6-8(2)7-9/h3-4,8-9H,1,5-7H2,2H3/b4-3+. The third-order valence-electron chi connectivity index (χ3n) is 1.30. The zero-order chi connectivity index (χ0) is 7.11. The molecule has 0 rings (SSSR count). The Labute approximate surface area is 57.4 Å². The van der Waals surface area contributed by atoms with Crippen LogP contribution in [-0.4, -0.2) is 11.7 Å². The summed E-state index contributed by atoms with van der Waals surface area (Å²) >= 11 is 0. The lowest BCUT2D eigenvalue weighted by Crippen LogP contribution is -1.98. The van der Waals surface area contributed by atoms with Gasteiger partial charge in [0.2, 0.25) is 0 Å². The van der Waals surface area contributed by atoms with Crippen LogP contribution in [0.5, 0.6) is 0 Å². The van der Waals surface area contributed by atoms with Crippen LogP contribution in [-0.2, 0) is 0 Å². The first kappa shape index (κ1) is 8.70. The molecule has 0 heterocycles. The second kappa shape index (κ2) is 5.83. The maximum Gasteiger partial charge on any atom is 0.0456 e. The average Bonchev–Trinajstić information content (AvgIpc) is 1.89. The molecule has 0 aromatic rings. The lowest BCUT2D eigenvalue weighted by atomic mass is 10.1. The molecule has 1 N–H and O–H groups in total. The molecule has 0 bridgehead atoms. The Morgan fingerprint density at radius 1 is 1.67 bits per heavy atom. The van der Waals surface area contributed by atoms with E-state index in [4.69, 9.17) is 5.11 Å². The number of allylic oxidation sites excluding steroid dienone is 2. The molecule has 0 saturated heterocycles. The molecular weight excluding hydrogens is 112 g/mol. The Morgan fingerprint density at radius 3 is 2.78 bits per heavy atom. The predicted octanol–water partition coefficient (Wildman–Crippen LogP) is 1.79. The second-order valence-electron chi connectivity index (χ2n) is 2.34. The number of rotatable bonds is 4. The van der Waals surface area contributed by atoms with Crippen molar-refractivity contribution in [2.45, 2.75) is 19.8 Å². The summed E-state index contributed by atoms with van der Waals surface area (Å²) in [5.41, 5.74) is 0. The fraction of sp³-hybridized carbons (Fsp3) is 0.625. The Kier molecular flexibility index (Phi) is 5.64. The van der Waals surface area contributed by atoms with E-state index >= 15 is 0 Å². The SMILES string of the molecule is [CH2]/C=C/CCC(C)CO. The number of hydrogen-bond acceptors (Lipinski definition) is 1. The highest BCUT2D eigenvalue weighted by atomic mass is 16.3. The van der Waals surface area contributed by atoms with E-state index in [1.54, 1.807) is 6.08 Å². The van der Waals surface area contributed by atoms with Crippen molar-refractivity contribution in [3.63, 3.8) is 0 Å². The van der Waals surface area contributed by atoms with Gasteiger partial charge in [-0.3, -0.25) is 0 Å². The summed E-state index contributed by atoms with van der Waals surface area (Å²) < 4.78 is 0. The molecule has 0 aliphatic carbocycles. The molecular formula is C8H15O. The molecule has 9 heavy (non-hydrogen) atoms. The summed E-state index contributed by atoms with van der Waals surface area (Å²) in [5.74, 6) is 0.432. The Bertz CT molecular complexity index is 76.6. The van der Waals surface area contributed by atoms with Crippen molar-refractivity contribution < 1.29 is 5.11 Å². The maximum absolute atomic E-state index is 8.59. The molecule has 1 atom stereocenters. The maximum atomic E-state index is 8.59. The van der Waals surface area contributed by atoms with Gasteiger partial charge < -0.3 is 5.11 Å². The summed E-state index contributed by atoms with van der Waals surface area (Å²) in [5, 5.41) is 8.59. The average molecular weight is 127 g/mol. The molecule has 0 fully saturated rings. The van der Waals surface area contributed by atoms with Gasteiger partial charge in [0.05, 0.1) is 0 Å². The van der Waals surface area contributed by atoms with E-state index in [-0.39, 0.29) is 0 Å². The van der Waals surface area contributed by atoms with Gasteiger partial charge in [-0.2, -0.15) is 0 Å². The first-order valence-electron chi connectivity index (χ1n) is 3.36. The fourth-order valence-corrected chi connectivity index (χ4v) is 0.590. The molecule has 1 heteroatoms. The van der Waals surface area contributed by atoms with Crippen LogP contribution in [0, 0.1) is 12.8 Å². The van der Waals surface area contributed by atoms with Crippen molar-refractivity contribution in [2.24, 2.45) is 5.92 Å². The first-order chi connectivity index (χ1) is 4.31. The third kappa shape index (κ3) is 5.57. The van der Waals surface area contributed by atoms with Gasteiger partial charge in [-0.15, -0.1) is 0 Å². The third-order valence-corrected chi connectivity index (χ3v) is 1.30. The number of hydrogen-bond donors (Lipinski definition) is 1. The van der Waals surface area contributed by atoms with Crippen LogP contribution in [0.25, 0.3) is 0 Å². The zero-order valence-corrected chi connectivity index (χ0v) is 6.01. The minimum atomic E-state index is 0.297. The fourth-order valence-electron chi connectivity index (χ4n) is 0.590. The van der Waals surface area contributed by atoms with Gasteiger partial charge in [-0.1, -0.05) is 19.1 Å². The smallest absolute Gasteiger partial charge is 0.0456 e. The first-order valence-corrected chi connectivity index (χ1v) is 3.36. The molecule has 0 amide bonds. The number of aliphatic hydroxyl groups excluding tert-OH is 1. The monoisotopic (exact) mass is 127 g/mol. The van der Waals surface area contributed by atoms with Crippen LogP contribution in [0.15, 0.2) is 12.2 Å². The largest absolute Gasteiger partial charge is 0.396 e. The van der Waals surface area contributed by atoms with E-state index in [1.807, 2.05) is 13.0 Å². The van der Waals surface area contributed by atoms with E-state index in [0.717, 1.165) is 12.8 Å². The highest BCUT2D eigenvalue weighted by Gasteiger charge is 1.95. The van der Waals surface area contributed by atoms with Crippen LogP contribution in [0.4, 0.5) is 0 Å². The molecule has 0 aliphatic heterocycles. The lowest BCUT2D eigenvalue weighted by molar-refractivity contribution is 0.231. The topological polar surface area (TPSA) is 20.2 Å². The van der Waals surface area contributed by atoms with Crippen molar-refractivity contribution in [3.05, 3.63) is 19.1 Å². The molecule has 0 saturated carbocycles. The lowest BCUT2D eigenvalue weighted by Gasteiger charge is -2.02. The van der Waals surface area contributed by atoms with Gasteiger partial charge in [-0.25, -0.2) is 0 Å². The van der Waals surface area contributed by atoms with E-state index in [1.165, 1.54) is 0 Å². The van der Waals surface area contributed by atoms with Crippen LogP contribution in [0.1, 0.15) is 19.8 Å². The molecule has 0 aromatic heterocycles. The van der Waals surface area contributed by atoms with Crippen molar-refractivity contribution in [2.75, 3.05) is 6.61 Å². The molecule has 1 nitrogen and oxygen atoms in total. The van der Waals surface area contributed by atoms with Crippen molar-refractivity contribution in [1.29, 1.82) is 0 Å². The van der Waals surface area contributed by atoms with Crippen molar-refractivity contribution >= 4 is 0 Å². The van der Waals surface area contributed by atoms with Gasteiger partial charge in [0.15, 0.2) is 0 Å². The summed E-state index contributed by atoms with van der Waals surface area (Å²) in [6.07, 6.45) is 5.91. The van der Waals surface area contributed by atoms with Gasteiger partial charge in [-0.05, 0) is 25.7 Å². The molecule has 53 valence electrons. The summed E-state index contributed by atoms with van der Waals surface area (Å²) in [4.78, 5) is 0. The quantitative estimate of drug-likeness (QED) is 0.610. The molecule has 0 spiro atoms. The minimum absolute atomic E-state index is 0.297.